The van der Waals surface area contributed by atoms with E-state index in [0.29, 0.717) is 0 Å². The normalized spacial score (nSPS) is 16.1. The summed E-state index contributed by atoms with van der Waals surface area (Å²) in [6.07, 6.45) is 12.6. The Morgan fingerprint density at radius 3 is 2.14 bits per heavy atom. The number of fused-ring (bicyclic) bond motifs is 1. The van der Waals surface area contributed by atoms with Crippen molar-refractivity contribution in [1.29, 1.82) is 0 Å². The highest BCUT2D eigenvalue weighted by atomic mass is 35.5. The van der Waals surface area contributed by atoms with Crippen LogP contribution in [-0.4, -0.2) is 9.97 Å². The zero-order valence-electron chi connectivity index (χ0n) is 18.9. The summed E-state index contributed by atoms with van der Waals surface area (Å²) >= 11 is 6.75. The maximum atomic E-state index is 6.75. The Morgan fingerprint density at radius 2 is 1.54 bits per heavy atom. The minimum Gasteiger partial charge on any atom is -0.253 e. The van der Waals surface area contributed by atoms with Gasteiger partial charge in [-0.2, -0.15) is 0 Å². The largest absolute Gasteiger partial charge is 0.253 e. The van der Waals surface area contributed by atoms with Crippen molar-refractivity contribution in [1.82, 2.24) is 9.97 Å². The van der Waals surface area contributed by atoms with Gasteiger partial charge in [-0.1, -0.05) is 85.2 Å². The van der Waals surface area contributed by atoms with E-state index in [-0.39, 0.29) is 10.8 Å². The van der Waals surface area contributed by atoms with E-state index in [2.05, 4.69) is 53.7 Å². The van der Waals surface area contributed by atoms with Crippen molar-refractivity contribution in [2.24, 2.45) is 0 Å². The number of halogens is 1. The van der Waals surface area contributed by atoms with Crippen molar-refractivity contribution < 1.29 is 0 Å². The van der Waals surface area contributed by atoms with Crippen molar-refractivity contribution in [3.8, 4) is 0 Å². The molecule has 0 saturated carbocycles. The minimum absolute atomic E-state index is 0.0766. The van der Waals surface area contributed by atoms with E-state index in [1.807, 2.05) is 6.20 Å². The van der Waals surface area contributed by atoms with E-state index in [4.69, 9.17) is 21.6 Å². The molecule has 1 aromatic carbocycles. The first kappa shape index (κ1) is 23.1. The highest BCUT2D eigenvalue weighted by Gasteiger charge is 2.29. The number of hydrogen-bond donors (Lipinski definition) is 0. The first-order valence-corrected chi connectivity index (χ1v) is 11.7. The molecule has 0 amide bonds. The molecule has 2 aromatic rings. The Kier molecular flexibility index (Phi) is 8.30. The van der Waals surface area contributed by atoms with Crippen LogP contribution in [0.15, 0.2) is 18.3 Å². The van der Waals surface area contributed by atoms with Gasteiger partial charge in [0.1, 0.15) is 5.52 Å². The van der Waals surface area contributed by atoms with Crippen LogP contribution < -0.4 is 0 Å². The van der Waals surface area contributed by atoms with Crippen molar-refractivity contribution in [2.75, 3.05) is 0 Å². The summed E-state index contributed by atoms with van der Waals surface area (Å²) in [5.41, 5.74) is 4.39. The lowest BCUT2D eigenvalue weighted by molar-refractivity contribution is 0.369. The second-order valence-electron chi connectivity index (χ2n) is 9.01. The molecule has 0 aliphatic heterocycles. The Morgan fingerprint density at radius 1 is 0.857 bits per heavy atom. The zero-order chi connectivity index (χ0) is 20.8. The molecule has 3 heteroatoms. The van der Waals surface area contributed by atoms with Gasteiger partial charge in [0.05, 0.1) is 16.2 Å². The van der Waals surface area contributed by atoms with Gasteiger partial charge in [-0.25, -0.2) is 4.98 Å². The van der Waals surface area contributed by atoms with Crippen LogP contribution in [0, 0.1) is 0 Å². The van der Waals surface area contributed by atoms with Gasteiger partial charge in [-0.3, -0.25) is 4.98 Å². The van der Waals surface area contributed by atoms with Gasteiger partial charge in [0.15, 0.2) is 0 Å². The van der Waals surface area contributed by atoms with Crippen LogP contribution in [0.25, 0.3) is 11.0 Å². The molecular formula is C25H39ClN2. The molecule has 0 aliphatic carbocycles. The minimum atomic E-state index is 0.0766. The van der Waals surface area contributed by atoms with Crippen LogP contribution in [0.4, 0.5) is 0 Å². The molecular weight excluding hydrogens is 364 g/mol. The summed E-state index contributed by atoms with van der Waals surface area (Å²) in [5.74, 6) is 0. The molecule has 0 saturated heterocycles. The van der Waals surface area contributed by atoms with Crippen LogP contribution in [-0.2, 0) is 10.8 Å². The molecule has 0 spiro atoms. The molecule has 0 fully saturated rings. The van der Waals surface area contributed by atoms with Gasteiger partial charge in [0, 0.05) is 11.6 Å². The maximum absolute atomic E-state index is 6.75. The topological polar surface area (TPSA) is 25.8 Å². The van der Waals surface area contributed by atoms with Gasteiger partial charge in [-0.15, -0.1) is 0 Å². The van der Waals surface area contributed by atoms with Crippen molar-refractivity contribution >= 4 is 22.6 Å². The molecule has 0 radical (unpaired) electrons. The standard InChI is InChI=1S/C25H39ClN2/c1-7-11-12-15-25(6,14-9-3)22-18-27-21-17-19(16-20(26)23(21)28-22)24(5,10-4)13-8-2/h16-18H,7-15H2,1-6H3. The lowest BCUT2D eigenvalue weighted by Gasteiger charge is -2.30. The summed E-state index contributed by atoms with van der Waals surface area (Å²) in [7, 11) is 0. The average molecular weight is 403 g/mol. The molecule has 0 aliphatic rings. The third-order valence-electron chi connectivity index (χ3n) is 6.63. The van der Waals surface area contributed by atoms with Crippen LogP contribution >= 0.6 is 11.6 Å². The smallest absolute Gasteiger partial charge is 0.108 e. The third kappa shape index (κ3) is 5.06. The Labute approximate surface area is 177 Å². The fraction of sp³-hybridized carbons (Fsp3) is 0.680. The quantitative estimate of drug-likeness (QED) is 0.352. The Balaban J connectivity index is 2.47. The lowest BCUT2D eigenvalue weighted by Crippen LogP contribution is -2.24. The average Bonchev–Trinajstić information content (AvgIpc) is 2.68. The van der Waals surface area contributed by atoms with E-state index in [1.165, 1.54) is 24.8 Å². The first-order chi connectivity index (χ1) is 13.3. The lowest BCUT2D eigenvalue weighted by atomic mass is 9.76. The van der Waals surface area contributed by atoms with E-state index >= 15 is 0 Å². The summed E-state index contributed by atoms with van der Waals surface area (Å²) in [6, 6.07) is 4.35. The maximum Gasteiger partial charge on any atom is 0.108 e. The summed E-state index contributed by atoms with van der Waals surface area (Å²) in [4.78, 5) is 9.88. The molecule has 1 aromatic heterocycles. The molecule has 1 heterocycles. The van der Waals surface area contributed by atoms with Gasteiger partial charge in [0.2, 0.25) is 0 Å². The molecule has 156 valence electrons. The summed E-state index contributed by atoms with van der Waals surface area (Å²) < 4.78 is 0. The number of benzene rings is 1. The van der Waals surface area contributed by atoms with Crippen molar-refractivity contribution in [3.05, 3.63) is 34.6 Å². The van der Waals surface area contributed by atoms with E-state index in [1.54, 1.807) is 0 Å². The fourth-order valence-corrected chi connectivity index (χ4v) is 4.74. The second kappa shape index (κ2) is 10.1. The summed E-state index contributed by atoms with van der Waals surface area (Å²) in [5, 5.41) is 0.741. The van der Waals surface area contributed by atoms with E-state index < -0.39 is 0 Å². The number of rotatable bonds is 11. The van der Waals surface area contributed by atoms with E-state index in [0.717, 1.165) is 60.3 Å². The van der Waals surface area contributed by atoms with Crippen LogP contribution in [0.3, 0.4) is 0 Å². The van der Waals surface area contributed by atoms with Crippen molar-refractivity contribution in [2.45, 2.75) is 110 Å². The van der Waals surface area contributed by atoms with Gasteiger partial charge < -0.3 is 0 Å². The molecule has 2 nitrogen and oxygen atoms in total. The summed E-state index contributed by atoms with van der Waals surface area (Å²) in [6.45, 7) is 13.7. The first-order valence-electron chi connectivity index (χ1n) is 11.3. The third-order valence-corrected chi connectivity index (χ3v) is 6.92. The molecule has 2 rings (SSSR count). The highest BCUT2D eigenvalue weighted by molar-refractivity contribution is 6.35. The monoisotopic (exact) mass is 402 g/mol. The number of hydrogen-bond acceptors (Lipinski definition) is 2. The SMILES string of the molecule is CCCCCC(C)(CCC)c1cnc2cc(C(C)(CC)CCC)cc(Cl)c2n1. The number of aromatic nitrogens is 2. The van der Waals surface area contributed by atoms with Gasteiger partial charge >= 0.3 is 0 Å². The predicted octanol–water partition coefficient (Wildman–Crippen LogP) is 8.39. The van der Waals surface area contributed by atoms with Gasteiger partial charge in [-0.05, 0) is 48.8 Å². The highest BCUT2D eigenvalue weighted by Crippen LogP contribution is 2.38. The number of nitrogens with zero attached hydrogens (tertiary/aromatic N) is 2. The van der Waals surface area contributed by atoms with E-state index in [9.17, 15) is 0 Å². The Bertz CT molecular complexity index is 772. The molecule has 0 N–H and O–H groups in total. The molecule has 2 unspecified atom stereocenters. The number of unbranched alkanes of at least 4 members (excludes halogenated alkanes) is 2. The fourth-order valence-electron chi connectivity index (χ4n) is 4.49. The van der Waals surface area contributed by atoms with Gasteiger partial charge in [0.25, 0.3) is 0 Å². The second-order valence-corrected chi connectivity index (χ2v) is 9.42. The Hall–Kier alpha value is -1.15. The molecule has 28 heavy (non-hydrogen) atoms. The molecule has 0 bridgehead atoms. The zero-order valence-corrected chi connectivity index (χ0v) is 19.6. The van der Waals surface area contributed by atoms with Crippen LogP contribution in [0.1, 0.15) is 111 Å². The van der Waals surface area contributed by atoms with Crippen LogP contribution in [0.5, 0.6) is 0 Å². The van der Waals surface area contributed by atoms with Crippen LogP contribution in [0.2, 0.25) is 5.02 Å². The van der Waals surface area contributed by atoms with Crippen molar-refractivity contribution in [3.63, 3.8) is 0 Å². The molecule has 2 atom stereocenters. The predicted molar refractivity (Wildman–Crippen MR) is 124 cm³/mol.